The van der Waals surface area contributed by atoms with Gasteiger partial charge in [-0.15, -0.1) is 11.6 Å². The van der Waals surface area contributed by atoms with Crippen molar-refractivity contribution in [1.82, 2.24) is 4.98 Å². The van der Waals surface area contributed by atoms with Gasteiger partial charge >= 0.3 is 0 Å². The van der Waals surface area contributed by atoms with Crippen LogP contribution in [0.2, 0.25) is 0 Å². The van der Waals surface area contributed by atoms with Crippen LogP contribution < -0.4 is 20.8 Å². The average molecular weight is 347 g/mol. The molecule has 3 unspecified atom stereocenters. The van der Waals surface area contributed by atoms with E-state index >= 15 is 0 Å². The van der Waals surface area contributed by atoms with E-state index in [-0.39, 0.29) is 35.0 Å². The quantitative estimate of drug-likeness (QED) is 0.485. The molecule has 1 rings (SSSR count). The Morgan fingerprint density at radius 2 is 1.96 bits per heavy atom. The standard InChI is InChI=1S/C15H23ClN2O5/c1-7(9(17)6-16)5-8(2)11(19)10-12(20)13(22-3)15(23-4)18-14(10)21/h7-9H,5-6,17H2,1-4H3,(H2,18,20,21). The first-order chi connectivity index (χ1) is 10.8. The van der Waals surface area contributed by atoms with Crippen LogP contribution in [0.25, 0.3) is 0 Å². The second kappa shape index (κ2) is 8.21. The normalized spacial score (nSPS) is 14.9. The molecule has 1 aromatic rings. The number of hydrogen-bond donors (Lipinski definition) is 3. The van der Waals surface area contributed by atoms with Gasteiger partial charge in [-0.05, 0) is 12.3 Å². The number of Topliss-reactive ketones (excluding diaryl/α,β-unsaturated/α-hetero) is 1. The number of hydrogen-bond acceptors (Lipinski definition) is 6. The summed E-state index contributed by atoms with van der Waals surface area (Å²) in [6.45, 7) is 3.56. The van der Waals surface area contributed by atoms with E-state index in [0.29, 0.717) is 6.42 Å². The summed E-state index contributed by atoms with van der Waals surface area (Å²) in [5.41, 5.74) is 4.77. The highest BCUT2D eigenvalue weighted by molar-refractivity contribution is 6.18. The fourth-order valence-electron chi connectivity index (χ4n) is 2.35. The Morgan fingerprint density at radius 3 is 2.43 bits per heavy atom. The first-order valence-corrected chi connectivity index (χ1v) is 7.74. The number of aromatic amines is 1. The maximum absolute atomic E-state index is 12.6. The van der Waals surface area contributed by atoms with Gasteiger partial charge in [0.25, 0.3) is 5.56 Å². The summed E-state index contributed by atoms with van der Waals surface area (Å²) in [7, 11) is 2.61. The number of ketones is 1. The van der Waals surface area contributed by atoms with Crippen molar-refractivity contribution in [1.29, 1.82) is 0 Å². The number of aromatic nitrogens is 1. The second-order valence-electron chi connectivity index (χ2n) is 5.54. The summed E-state index contributed by atoms with van der Waals surface area (Å²) >= 11 is 5.71. The first kappa shape index (κ1) is 19.3. The Kier molecular flexibility index (Phi) is 6.90. The molecule has 4 N–H and O–H groups in total. The van der Waals surface area contributed by atoms with E-state index in [1.807, 2.05) is 6.92 Å². The van der Waals surface area contributed by atoms with E-state index in [4.69, 9.17) is 26.8 Å². The molecule has 0 aliphatic rings. The molecule has 0 saturated carbocycles. The molecule has 0 aliphatic heterocycles. The molecule has 0 aromatic carbocycles. The first-order valence-electron chi connectivity index (χ1n) is 7.21. The minimum Gasteiger partial charge on any atom is -0.503 e. The Hall–Kier alpha value is -1.73. The van der Waals surface area contributed by atoms with E-state index in [1.165, 1.54) is 14.2 Å². The predicted octanol–water partition coefficient (Wildman–Crippen LogP) is 1.51. The van der Waals surface area contributed by atoms with E-state index in [9.17, 15) is 14.7 Å². The fraction of sp³-hybridized carbons (Fsp3) is 0.600. The Bertz CT molecular complexity index is 617. The molecule has 0 spiro atoms. The van der Waals surface area contributed by atoms with Crippen LogP contribution in [0.3, 0.4) is 0 Å². The highest BCUT2D eigenvalue weighted by atomic mass is 35.5. The maximum Gasteiger partial charge on any atom is 0.265 e. The monoisotopic (exact) mass is 346 g/mol. The van der Waals surface area contributed by atoms with Crippen LogP contribution in [-0.2, 0) is 0 Å². The molecule has 1 heterocycles. The largest absolute Gasteiger partial charge is 0.503 e. The van der Waals surface area contributed by atoms with Crippen LogP contribution >= 0.6 is 11.6 Å². The van der Waals surface area contributed by atoms with Crippen LogP contribution in [0.5, 0.6) is 17.4 Å². The van der Waals surface area contributed by atoms with E-state index in [1.54, 1.807) is 6.92 Å². The number of halogens is 1. The third kappa shape index (κ3) is 4.17. The summed E-state index contributed by atoms with van der Waals surface area (Å²) in [5, 5.41) is 10.2. The molecule has 0 bridgehead atoms. The third-order valence-corrected chi connectivity index (χ3v) is 4.21. The number of H-pyrrole nitrogens is 1. The topological polar surface area (TPSA) is 115 Å². The number of nitrogens with two attached hydrogens (primary N) is 1. The lowest BCUT2D eigenvalue weighted by Crippen LogP contribution is -2.33. The number of aromatic hydroxyl groups is 1. The molecule has 0 fully saturated rings. The summed E-state index contributed by atoms with van der Waals surface area (Å²) in [4.78, 5) is 27.0. The summed E-state index contributed by atoms with van der Waals surface area (Å²) in [6.07, 6.45) is 0.444. The molecule has 7 nitrogen and oxygen atoms in total. The number of alkyl halides is 1. The number of methoxy groups -OCH3 is 2. The van der Waals surface area contributed by atoms with Crippen molar-refractivity contribution < 1.29 is 19.4 Å². The molecular weight excluding hydrogens is 324 g/mol. The molecular formula is C15H23ClN2O5. The van der Waals surface area contributed by atoms with Crippen LogP contribution in [0.15, 0.2) is 4.79 Å². The second-order valence-corrected chi connectivity index (χ2v) is 5.85. The predicted molar refractivity (Wildman–Crippen MR) is 87.8 cm³/mol. The number of carbonyl (C=O) groups is 1. The lowest BCUT2D eigenvalue weighted by molar-refractivity contribution is 0.0906. The zero-order chi connectivity index (χ0) is 17.7. The van der Waals surface area contributed by atoms with E-state index in [0.717, 1.165) is 0 Å². The van der Waals surface area contributed by atoms with Crippen LogP contribution in [0, 0.1) is 11.8 Å². The van der Waals surface area contributed by atoms with Crippen molar-refractivity contribution >= 4 is 17.4 Å². The lowest BCUT2D eigenvalue weighted by atomic mass is 9.87. The molecule has 1 aromatic heterocycles. The van der Waals surface area contributed by atoms with Crippen molar-refractivity contribution in [2.24, 2.45) is 17.6 Å². The van der Waals surface area contributed by atoms with Crippen molar-refractivity contribution in [3.8, 4) is 17.4 Å². The Labute approximate surface area is 139 Å². The van der Waals surface area contributed by atoms with Gasteiger partial charge in [-0.2, -0.15) is 0 Å². The Balaban J connectivity index is 3.15. The number of nitrogens with one attached hydrogen (secondary N) is 1. The molecule has 23 heavy (non-hydrogen) atoms. The van der Waals surface area contributed by atoms with Crippen molar-refractivity contribution in [2.75, 3.05) is 20.1 Å². The zero-order valence-electron chi connectivity index (χ0n) is 13.7. The van der Waals surface area contributed by atoms with Gasteiger partial charge in [-0.25, -0.2) is 0 Å². The van der Waals surface area contributed by atoms with Crippen molar-refractivity contribution in [3.63, 3.8) is 0 Å². The molecule has 0 saturated heterocycles. The SMILES string of the molecule is COc1[nH]c(=O)c(C(=O)C(C)CC(C)C(N)CCl)c(O)c1OC. The van der Waals surface area contributed by atoms with Gasteiger partial charge in [0, 0.05) is 17.8 Å². The number of carbonyl (C=O) groups excluding carboxylic acids is 1. The van der Waals surface area contributed by atoms with Crippen LogP contribution in [0.1, 0.15) is 30.6 Å². The van der Waals surface area contributed by atoms with Gasteiger partial charge in [0.1, 0.15) is 5.56 Å². The maximum atomic E-state index is 12.6. The van der Waals surface area contributed by atoms with Crippen LogP contribution in [0.4, 0.5) is 0 Å². The van der Waals surface area contributed by atoms with Gasteiger partial charge in [0.05, 0.1) is 14.2 Å². The van der Waals surface area contributed by atoms with Crippen molar-refractivity contribution in [2.45, 2.75) is 26.3 Å². The summed E-state index contributed by atoms with van der Waals surface area (Å²) in [5.74, 6) is -1.38. The van der Waals surface area contributed by atoms with Gasteiger partial charge < -0.3 is 20.3 Å². The van der Waals surface area contributed by atoms with E-state index in [2.05, 4.69) is 4.98 Å². The number of rotatable bonds is 8. The summed E-state index contributed by atoms with van der Waals surface area (Å²) in [6, 6.07) is -0.246. The van der Waals surface area contributed by atoms with Gasteiger partial charge in [-0.1, -0.05) is 13.8 Å². The lowest BCUT2D eigenvalue weighted by Gasteiger charge is -2.21. The summed E-state index contributed by atoms with van der Waals surface area (Å²) < 4.78 is 9.92. The van der Waals surface area contributed by atoms with Gasteiger partial charge in [0.15, 0.2) is 11.5 Å². The average Bonchev–Trinajstić information content (AvgIpc) is 2.52. The smallest absolute Gasteiger partial charge is 0.265 e. The van der Waals surface area contributed by atoms with E-state index < -0.39 is 23.0 Å². The third-order valence-electron chi connectivity index (χ3n) is 3.85. The highest BCUT2D eigenvalue weighted by Gasteiger charge is 2.28. The van der Waals surface area contributed by atoms with Crippen LogP contribution in [-0.4, -0.2) is 42.0 Å². The van der Waals surface area contributed by atoms with Crippen molar-refractivity contribution in [3.05, 3.63) is 15.9 Å². The number of pyridine rings is 1. The minimum atomic E-state index is -0.730. The number of ether oxygens (including phenoxy) is 2. The fourth-order valence-corrected chi connectivity index (χ4v) is 2.65. The highest BCUT2D eigenvalue weighted by Crippen LogP contribution is 2.36. The zero-order valence-corrected chi connectivity index (χ0v) is 14.4. The molecule has 3 atom stereocenters. The van der Waals surface area contributed by atoms with Gasteiger partial charge in [0.2, 0.25) is 11.6 Å². The molecule has 0 amide bonds. The molecule has 0 aliphatic carbocycles. The minimum absolute atomic E-state index is 0.00665. The molecule has 130 valence electrons. The van der Waals surface area contributed by atoms with Gasteiger partial charge in [-0.3, -0.25) is 14.6 Å². The Morgan fingerprint density at radius 1 is 1.35 bits per heavy atom. The molecule has 8 heteroatoms. The molecule has 0 radical (unpaired) electrons.